The number of rotatable bonds is 5. The summed E-state index contributed by atoms with van der Waals surface area (Å²) < 4.78 is 27.2. The normalized spacial score (nSPS) is 32.5. The summed E-state index contributed by atoms with van der Waals surface area (Å²) in [5.74, 6) is 0.994. The fourth-order valence-electron chi connectivity index (χ4n) is 7.69. The predicted octanol–water partition coefficient (Wildman–Crippen LogP) is 4.70. The van der Waals surface area contributed by atoms with E-state index >= 15 is 0 Å². The lowest BCUT2D eigenvalue weighted by Crippen LogP contribution is -2.57. The van der Waals surface area contributed by atoms with E-state index in [1.807, 2.05) is 12.1 Å². The summed E-state index contributed by atoms with van der Waals surface area (Å²) in [4.78, 5) is 13.1. The van der Waals surface area contributed by atoms with Crippen molar-refractivity contribution in [2.75, 3.05) is 18.4 Å². The average molecular weight is 495 g/mol. The molecule has 2 aromatic rings. The minimum Gasteiger partial charge on any atom is -0.390 e. The lowest BCUT2D eigenvalue weighted by Gasteiger charge is -2.60. The van der Waals surface area contributed by atoms with Gasteiger partial charge in [0.1, 0.15) is 0 Å². The minimum absolute atomic E-state index is 0.0665. The molecular formula is C28H34N2O4S. The number of carbonyl (C=O) groups excluding carboxylic acids is 1. The Morgan fingerprint density at radius 3 is 2.11 bits per heavy atom. The Kier molecular flexibility index (Phi) is 5.58. The summed E-state index contributed by atoms with van der Waals surface area (Å²) in [5.41, 5.74) is 1.99. The summed E-state index contributed by atoms with van der Waals surface area (Å²) in [6.45, 7) is 1.12. The van der Waals surface area contributed by atoms with Crippen molar-refractivity contribution in [3.05, 3.63) is 59.7 Å². The Bertz CT molecular complexity index is 1200. The Balaban J connectivity index is 1.14. The summed E-state index contributed by atoms with van der Waals surface area (Å²) in [6, 6.07) is 14.3. The lowest BCUT2D eigenvalue weighted by molar-refractivity contribution is -0.136. The van der Waals surface area contributed by atoms with Crippen LogP contribution < -0.4 is 5.32 Å². The van der Waals surface area contributed by atoms with Crippen LogP contribution in [0.15, 0.2) is 53.4 Å². The Labute approximate surface area is 207 Å². The van der Waals surface area contributed by atoms with Gasteiger partial charge >= 0.3 is 0 Å². The zero-order valence-corrected chi connectivity index (χ0v) is 20.9. The van der Waals surface area contributed by atoms with Crippen LogP contribution in [-0.2, 0) is 15.4 Å². The number of carbonyl (C=O) groups is 1. The molecule has 7 rings (SSSR count). The van der Waals surface area contributed by atoms with Crippen LogP contribution >= 0.6 is 0 Å². The van der Waals surface area contributed by atoms with Gasteiger partial charge in [0.25, 0.3) is 5.91 Å². The SMILES string of the molecule is O=C(Nc1ccc(C23C[C@@H]4C[C@@H](CC(O)(C4)C2)C3)cc1)c1ccc(S(=O)(=O)N2CCCCC2)cc1. The van der Waals surface area contributed by atoms with Crippen LogP contribution in [0.25, 0.3) is 0 Å². The van der Waals surface area contributed by atoms with Crippen molar-refractivity contribution in [3.8, 4) is 0 Å². The highest BCUT2D eigenvalue weighted by Crippen LogP contribution is 2.62. The van der Waals surface area contributed by atoms with E-state index in [-0.39, 0.29) is 16.2 Å². The predicted molar refractivity (Wildman–Crippen MR) is 135 cm³/mol. The molecule has 186 valence electrons. The standard InChI is InChI=1S/C28H34N2O4S/c31-26(22-4-10-25(11-5-22)35(33,34)30-12-2-1-3-13-30)29-24-8-6-23(7-9-24)27-15-20-14-21(16-27)18-28(32,17-20)19-27/h4-11,20-21,32H,1-3,12-19H2,(H,29,31)/t20-,21+,27?,28?. The van der Waals surface area contributed by atoms with Crippen molar-refractivity contribution in [2.24, 2.45) is 11.8 Å². The molecule has 0 radical (unpaired) electrons. The number of aliphatic hydroxyl groups is 1. The van der Waals surface area contributed by atoms with Crippen LogP contribution in [0.2, 0.25) is 0 Å². The molecule has 5 fully saturated rings. The van der Waals surface area contributed by atoms with E-state index in [9.17, 15) is 18.3 Å². The third-order valence-corrected chi connectivity index (χ3v) is 10.8. The van der Waals surface area contributed by atoms with Gasteiger partial charge < -0.3 is 10.4 Å². The molecule has 7 heteroatoms. The van der Waals surface area contributed by atoms with E-state index in [2.05, 4.69) is 17.4 Å². The molecule has 1 heterocycles. The first kappa shape index (κ1) is 23.2. The van der Waals surface area contributed by atoms with Crippen molar-refractivity contribution in [1.29, 1.82) is 0 Å². The minimum atomic E-state index is -3.51. The molecule has 4 atom stereocenters. The Hall–Kier alpha value is -2.22. The van der Waals surface area contributed by atoms with Crippen molar-refractivity contribution in [1.82, 2.24) is 4.31 Å². The van der Waals surface area contributed by atoms with Gasteiger partial charge in [0.2, 0.25) is 10.0 Å². The van der Waals surface area contributed by atoms with E-state index in [0.29, 0.717) is 36.2 Å². The maximum absolute atomic E-state index is 12.8. The van der Waals surface area contributed by atoms with Crippen molar-refractivity contribution in [3.63, 3.8) is 0 Å². The molecule has 5 aliphatic rings. The van der Waals surface area contributed by atoms with Gasteiger partial charge in [-0.1, -0.05) is 18.6 Å². The Morgan fingerprint density at radius 1 is 0.886 bits per heavy atom. The second-order valence-electron chi connectivity index (χ2n) is 11.5. The zero-order valence-electron chi connectivity index (χ0n) is 20.1. The maximum Gasteiger partial charge on any atom is 0.255 e. The molecule has 1 aliphatic heterocycles. The van der Waals surface area contributed by atoms with Crippen LogP contribution in [-0.4, -0.2) is 42.4 Å². The third-order valence-electron chi connectivity index (χ3n) is 8.85. The summed E-state index contributed by atoms with van der Waals surface area (Å²) in [5, 5.41) is 14.0. The second-order valence-corrected chi connectivity index (χ2v) is 13.4. The van der Waals surface area contributed by atoms with Crippen LogP contribution in [0.1, 0.15) is 73.7 Å². The third kappa shape index (κ3) is 4.21. The lowest BCUT2D eigenvalue weighted by atomic mass is 9.46. The highest BCUT2D eigenvalue weighted by molar-refractivity contribution is 7.89. The molecule has 1 amide bonds. The van der Waals surface area contributed by atoms with Gasteiger partial charge in [0.05, 0.1) is 10.5 Å². The van der Waals surface area contributed by atoms with Crippen LogP contribution in [0, 0.1) is 11.8 Å². The van der Waals surface area contributed by atoms with Crippen molar-refractivity contribution >= 4 is 21.6 Å². The van der Waals surface area contributed by atoms with Gasteiger partial charge in [-0.15, -0.1) is 0 Å². The highest BCUT2D eigenvalue weighted by atomic mass is 32.2. The van der Waals surface area contributed by atoms with Crippen LogP contribution in [0.4, 0.5) is 5.69 Å². The molecule has 35 heavy (non-hydrogen) atoms. The topological polar surface area (TPSA) is 86.7 Å². The number of sulfonamides is 1. The zero-order chi connectivity index (χ0) is 24.3. The maximum atomic E-state index is 12.8. The molecule has 4 saturated carbocycles. The number of piperidine rings is 1. The summed E-state index contributed by atoms with van der Waals surface area (Å²) >= 11 is 0. The first-order valence-electron chi connectivity index (χ1n) is 13.0. The number of benzene rings is 2. The van der Waals surface area contributed by atoms with E-state index in [4.69, 9.17) is 0 Å². The molecule has 4 aliphatic carbocycles. The van der Waals surface area contributed by atoms with Gasteiger partial charge in [-0.25, -0.2) is 8.42 Å². The van der Waals surface area contributed by atoms with Crippen molar-refractivity contribution in [2.45, 2.75) is 73.7 Å². The van der Waals surface area contributed by atoms with Gasteiger partial charge in [-0.3, -0.25) is 4.79 Å². The first-order valence-corrected chi connectivity index (χ1v) is 14.4. The first-order chi connectivity index (χ1) is 16.7. The summed E-state index contributed by atoms with van der Waals surface area (Å²) in [6.07, 6.45) is 9.19. The monoisotopic (exact) mass is 494 g/mol. The van der Waals surface area contributed by atoms with E-state index in [1.165, 1.54) is 28.4 Å². The number of hydrogen-bond donors (Lipinski definition) is 2. The van der Waals surface area contributed by atoms with Gasteiger partial charge in [-0.2, -0.15) is 4.31 Å². The summed E-state index contributed by atoms with van der Waals surface area (Å²) in [7, 11) is -3.51. The molecule has 4 bridgehead atoms. The second kappa shape index (κ2) is 8.43. The molecule has 0 aromatic heterocycles. The highest BCUT2D eigenvalue weighted by Gasteiger charge is 2.57. The fraction of sp³-hybridized carbons (Fsp3) is 0.536. The average Bonchev–Trinajstić information content (AvgIpc) is 2.83. The van der Waals surface area contributed by atoms with Crippen molar-refractivity contribution < 1.29 is 18.3 Å². The number of hydrogen-bond acceptors (Lipinski definition) is 4. The molecular weight excluding hydrogens is 460 g/mol. The van der Waals surface area contributed by atoms with E-state index in [0.717, 1.165) is 51.4 Å². The molecule has 6 nitrogen and oxygen atoms in total. The molecule has 2 unspecified atom stereocenters. The number of amides is 1. The molecule has 0 spiro atoms. The molecule has 2 aromatic carbocycles. The number of nitrogens with zero attached hydrogens (tertiary/aromatic N) is 1. The van der Waals surface area contributed by atoms with Crippen LogP contribution in [0.3, 0.4) is 0 Å². The number of nitrogens with one attached hydrogen (secondary N) is 1. The van der Waals surface area contributed by atoms with Gasteiger partial charge in [0, 0.05) is 24.3 Å². The van der Waals surface area contributed by atoms with E-state index < -0.39 is 15.6 Å². The van der Waals surface area contributed by atoms with Crippen LogP contribution in [0.5, 0.6) is 0 Å². The fourth-order valence-corrected chi connectivity index (χ4v) is 9.21. The smallest absolute Gasteiger partial charge is 0.255 e. The number of anilines is 1. The largest absolute Gasteiger partial charge is 0.390 e. The quantitative estimate of drug-likeness (QED) is 0.631. The van der Waals surface area contributed by atoms with Gasteiger partial charge in [0.15, 0.2) is 0 Å². The molecule has 1 saturated heterocycles. The van der Waals surface area contributed by atoms with E-state index in [1.54, 1.807) is 12.1 Å². The Morgan fingerprint density at radius 2 is 1.51 bits per heavy atom. The molecule has 2 N–H and O–H groups in total. The van der Waals surface area contributed by atoms with Gasteiger partial charge in [-0.05, 0) is 111 Å².